The van der Waals surface area contributed by atoms with E-state index in [1.165, 1.54) is 24.3 Å². The van der Waals surface area contributed by atoms with Crippen molar-refractivity contribution in [3.8, 4) is 5.75 Å². The maximum atomic E-state index is 12.2. The average Bonchev–Trinajstić information content (AvgIpc) is 3.06. The summed E-state index contributed by atoms with van der Waals surface area (Å²) in [4.78, 5) is 12.2. The Morgan fingerprint density at radius 3 is 2.25 bits per heavy atom. The van der Waals surface area contributed by atoms with E-state index in [0.29, 0.717) is 42.9 Å². The summed E-state index contributed by atoms with van der Waals surface area (Å²) in [5, 5.41) is 1.76. The lowest BCUT2D eigenvalue weighted by atomic mass is 10.1. The molecule has 0 bridgehead atoms. The van der Waals surface area contributed by atoms with E-state index in [2.05, 4.69) is 0 Å². The van der Waals surface area contributed by atoms with Crippen LogP contribution in [0.3, 0.4) is 0 Å². The van der Waals surface area contributed by atoms with Crippen molar-refractivity contribution in [3.63, 3.8) is 0 Å². The molecule has 144 valence electrons. The van der Waals surface area contributed by atoms with Crippen LogP contribution >= 0.6 is 58.0 Å². The first kappa shape index (κ1) is 21.1. The number of hydrogen-bond acceptors (Lipinski definition) is 3. The Bertz CT molecular complexity index is 1030. The topological polar surface area (TPSA) is 39.4 Å². The molecule has 3 rings (SSSR count). The monoisotopic (exact) mass is 474 g/mol. The van der Waals surface area contributed by atoms with E-state index in [1.807, 2.05) is 0 Å². The summed E-state index contributed by atoms with van der Waals surface area (Å²) in [5.41, 5.74) is 0.351. The lowest BCUT2D eigenvalue weighted by Crippen LogP contribution is -1.95. The van der Waals surface area contributed by atoms with Gasteiger partial charge in [0.2, 0.25) is 0 Å². The largest absolute Gasteiger partial charge is 0.483 e. The summed E-state index contributed by atoms with van der Waals surface area (Å²) in [5.74, 6) is 1.05. The minimum Gasteiger partial charge on any atom is -0.483 e. The maximum absolute atomic E-state index is 12.2. The van der Waals surface area contributed by atoms with Crippen LogP contribution in [0.1, 0.15) is 21.9 Å². The van der Waals surface area contributed by atoms with Gasteiger partial charge >= 0.3 is 0 Å². The van der Waals surface area contributed by atoms with Gasteiger partial charge in [0.15, 0.2) is 11.5 Å². The first-order valence-electron chi connectivity index (χ1n) is 7.87. The van der Waals surface area contributed by atoms with Crippen LogP contribution in [0.15, 0.2) is 53.0 Å². The highest BCUT2D eigenvalue weighted by Gasteiger charge is 2.11. The van der Waals surface area contributed by atoms with Crippen LogP contribution in [0.4, 0.5) is 0 Å². The van der Waals surface area contributed by atoms with Crippen LogP contribution in [0.25, 0.3) is 6.08 Å². The molecule has 0 saturated carbocycles. The molecule has 0 saturated heterocycles. The fourth-order valence-electron chi connectivity index (χ4n) is 2.31. The predicted molar refractivity (Wildman–Crippen MR) is 114 cm³/mol. The van der Waals surface area contributed by atoms with Crippen molar-refractivity contribution in [3.05, 3.63) is 90.7 Å². The molecule has 3 nitrogen and oxygen atoms in total. The van der Waals surface area contributed by atoms with Gasteiger partial charge in [-0.2, -0.15) is 0 Å². The Morgan fingerprint density at radius 1 is 0.893 bits per heavy atom. The molecule has 0 amide bonds. The Balaban J connectivity index is 1.66. The summed E-state index contributed by atoms with van der Waals surface area (Å²) in [6, 6.07) is 11.2. The minimum atomic E-state index is -0.268. The number of rotatable bonds is 6. The molecule has 0 aliphatic carbocycles. The molecule has 0 aliphatic rings. The molecule has 0 unspecified atom stereocenters. The molecule has 0 spiro atoms. The molecule has 0 fully saturated rings. The van der Waals surface area contributed by atoms with Crippen molar-refractivity contribution < 1.29 is 13.9 Å². The number of hydrogen-bond donors (Lipinski definition) is 0. The predicted octanol–water partition coefficient (Wildman–Crippen LogP) is 8.02. The molecule has 0 radical (unpaired) electrons. The van der Waals surface area contributed by atoms with Crippen molar-refractivity contribution in [2.75, 3.05) is 0 Å². The highest BCUT2D eigenvalue weighted by molar-refractivity contribution is 6.40. The normalized spacial score (nSPS) is 11.2. The molecule has 1 heterocycles. The Hall–Kier alpha value is -1.62. The molecule has 0 N–H and O–H groups in total. The highest BCUT2D eigenvalue weighted by Crippen LogP contribution is 2.36. The Morgan fingerprint density at radius 2 is 1.57 bits per heavy atom. The lowest BCUT2D eigenvalue weighted by Gasteiger charge is -2.08. The average molecular weight is 477 g/mol. The van der Waals surface area contributed by atoms with Crippen molar-refractivity contribution in [1.29, 1.82) is 0 Å². The summed E-state index contributed by atoms with van der Waals surface area (Å²) >= 11 is 29.9. The minimum absolute atomic E-state index is 0.103. The summed E-state index contributed by atoms with van der Waals surface area (Å²) < 4.78 is 11.2. The van der Waals surface area contributed by atoms with Gasteiger partial charge < -0.3 is 9.15 Å². The third-order valence-corrected chi connectivity index (χ3v) is 4.93. The summed E-state index contributed by atoms with van der Waals surface area (Å²) in [6.07, 6.45) is 2.91. The van der Waals surface area contributed by atoms with Crippen molar-refractivity contribution in [2.24, 2.45) is 0 Å². The SMILES string of the molecule is O=C(/C=C/c1ccc(COc2c(Cl)cc(Cl)cc2Cl)o1)c1ccc(Cl)cc1Cl. The van der Waals surface area contributed by atoms with E-state index < -0.39 is 0 Å². The molecule has 0 aliphatic heterocycles. The second-order valence-corrected chi connectivity index (χ2v) is 7.71. The van der Waals surface area contributed by atoms with Gasteiger partial charge in [-0.1, -0.05) is 58.0 Å². The molecular weight excluding hydrogens is 465 g/mol. The lowest BCUT2D eigenvalue weighted by molar-refractivity contribution is 0.104. The van der Waals surface area contributed by atoms with Gasteiger partial charge in [-0.3, -0.25) is 4.79 Å². The van der Waals surface area contributed by atoms with Crippen molar-refractivity contribution in [1.82, 2.24) is 0 Å². The van der Waals surface area contributed by atoms with E-state index in [0.717, 1.165) is 0 Å². The summed E-state index contributed by atoms with van der Waals surface area (Å²) in [7, 11) is 0. The van der Waals surface area contributed by atoms with Crippen molar-refractivity contribution >= 4 is 69.9 Å². The second-order valence-electron chi connectivity index (χ2n) is 5.61. The fourth-order valence-corrected chi connectivity index (χ4v) is 3.74. The first-order chi connectivity index (χ1) is 13.3. The molecule has 28 heavy (non-hydrogen) atoms. The number of allylic oxidation sites excluding steroid dienone is 1. The van der Waals surface area contributed by atoms with Gasteiger partial charge in [-0.15, -0.1) is 0 Å². The quantitative estimate of drug-likeness (QED) is 0.267. The van der Waals surface area contributed by atoms with E-state index in [-0.39, 0.29) is 17.4 Å². The fraction of sp³-hybridized carbons (Fsp3) is 0.0500. The second kappa shape index (κ2) is 9.25. The number of benzene rings is 2. The van der Waals surface area contributed by atoms with Crippen LogP contribution in [0.2, 0.25) is 25.1 Å². The molecule has 0 atom stereocenters. The Labute approximate surface area is 186 Å². The molecule has 1 aromatic heterocycles. The Kier molecular flexibility index (Phi) is 6.97. The van der Waals surface area contributed by atoms with E-state index in [1.54, 1.807) is 30.3 Å². The zero-order chi connectivity index (χ0) is 20.3. The number of furan rings is 1. The zero-order valence-corrected chi connectivity index (χ0v) is 17.8. The number of ketones is 1. The first-order valence-corrected chi connectivity index (χ1v) is 9.76. The standard InChI is InChI=1S/C20H11Cl5O3/c21-11-1-5-15(16(23)7-11)19(26)6-4-13-2-3-14(28-13)10-27-20-17(24)8-12(22)9-18(20)25/h1-9H,10H2/b6-4+. The van der Waals surface area contributed by atoms with Gasteiger partial charge in [0.25, 0.3) is 0 Å². The van der Waals surface area contributed by atoms with Gasteiger partial charge in [0, 0.05) is 15.6 Å². The van der Waals surface area contributed by atoms with Gasteiger partial charge in [0.05, 0.1) is 15.1 Å². The third-order valence-electron chi connectivity index (χ3n) is 3.60. The zero-order valence-electron chi connectivity index (χ0n) is 14.0. The van der Waals surface area contributed by atoms with E-state index in [9.17, 15) is 4.79 Å². The number of carbonyl (C=O) groups is 1. The molecular formula is C20H11Cl5O3. The maximum Gasteiger partial charge on any atom is 0.187 e. The van der Waals surface area contributed by atoms with E-state index in [4.69, 9.17) is 67.2 Å². The van der Waals surface area contributed by atoms with Gasteiger partial charge in [0.1, 0.15) is 18.1 Å². The van der Waals surface area contributed by atoms with Crippen molar-refractivity contribution in [2.45, 2.75) is 6.61 Å². The number of halogens is 5. The van der Waals surface area contributed by atoms with Gasteiger partial charge in [-0.05, 0) is 54.6 Å². The molecule has 2 aromatic carbocycles. The molecule has 3 aromatic rings. The number of ether oxygens (including phenoxy) is 1. The van der Waals surface area contributed by atoms with Crippen LogP contribution in [-0.2, 0) is 6.61 Å². The number of carbonyl (C=O) groups excluding carboxylic acids is 1. The van der Waals surface area contributed by atoms with Crippen LogP contribution in [0.5, 0.6) is 5.75 Å². The summed E-state index contributed by atoms with van der Waals surface area (Å²) in [6.45, 7) is 0.103. The van der Waals surface area contributed by atoms with Crippen LogP contribution < -0.4 is 4.74 Å². The van der Waals surface area contributed by atoms with Gasteiger partial charge in [-0.25, -0.2) is 0 Å². The van der Waals surface area contributed by atoms with Crippen LogP contribution in [-0.4, -0.2) is 5.78 Å². The highest BCUT2D eigenvalue weighted by atomic mass is 35.5. The van der Waals surface area contributed by atoms with E-state index >= 15 is 0 Å². The smallest absolute Gasteiger partial charge is 0.187 e. The molecule has 8 heteroatoms. The third kappa shape index (κ3) is 5.25. The van der Waals surface area contributed by atoms with Crippen LogP contribution in [0, 0.1) is 0 Å².